The van der Waals surface area contributed by atoms with Crippen LogP contribution < -0.4 is 5.73 Å². The van der Waals surface area contributed by atoms with Gasteiger partial charge in [-0.2, -0.15) is 0 Å². The summed E-state index contributed by atoms with van der Waals surface area (Å²) in [5.41, 5.74) is 10.7. The van der Waals surface area contributed by atoms with E-state index >= 15 is 0 Å². The number of rotatable bonds is 0. The van der Waals surface area contributed by atoms with Crippen molar-refractivity contribution < 1.29 is 0 Å². The minimum atomic E-state index is 0.166. The number of hydrogen-bond acceptors (Lipinski definition) is 2. The van der Waals surface area contributed by atoms with Crippen LogP contribution in [0.15, 0.2) is 12.1 Å². The van der Waals surface area contributed by atoms with Gasteiger partial charge in [-0.25, -0.2) is 0 Å². The van der Waals surface area contributed by atoms with E-state index < -0.39 is 0 Å². The maximum Gasteiger partial charge on any atom is 0.0438 e. The highest BCUT2D eigenvalue weighted by Crippen LogP contribution is 2.51. The Labute approximate surface area is 142 Å². The molecule has 1 spiro atoms. The summed E-state index contributed by atoms with van der Waals surface area (Å²) in [5.74, 6) is 0. The summed E-state index contributed by atoms with van der Waals surface area (Å²) in [5, 5.41) is 0.856. The van der Waals surface area contributed by atoms with Crippen LogP contribution in [0.4, 0.5) is 0 Å². The first-order valence-electron chi connectivity index (χ1n) is 8.75. The number of halogens is 1. The van der Waals surface area contributed by atoms with E-state index in [0.717, 1.165) is 24.5 Å². The molecule has 1 atom stereocenters. The molecule has 3 rings (SSSR count). The molecule has 1 aliphatic heterocycles. The molecule has 0 bridgehead atoms. The fraction of sp³-hybridized carbons (Fsp3) is 0.684. The van der Waals surface area contributed by atoms with Crippen LogP contribution in [0, 0.1) is 12.3 Å². The summed E-state index contributed by atoms with van der Waals surface area (Å²) in [7, 11) is 2.20. The zero-order chi connectivity index (χ0) is 16.9. The zero-order valence-corrected chi connectivity index (χ0v) is 15.9. The lowest BCUT2D eigenvalue weighted by atomic mass is 9.73. The molecule has 126 valence electrons. The topological polar surface area (TPSA) is 29.3 Å². The molecular formula is C19H33ClN2. The second-order valence-corrected chi connectivity index (χ2v) is 6.53. The summed E-state index contributed by atoms with van der Waals surface area (Å²) < 4.78 is 0. The van der Waals surface area contributed by atoms with E-state index in [1.165, 1.54) is 29.5 Å². The van der Waals surface area contributed by atoms with E-state index in [-0.39, 0.29) is 11.5 Å². The van der Waals surface area contributed by atoms with Gasteiger partial charge in [0.1, 0.15) is 0 Å². The van der Waals surface area contributed by atoms with Crippen LogP contribution in [0.2, 0.25) is 5.02 Å². The largest absolute Gasteiger partial charge is 0.323 e. The normalized spacial score (nSPS) is 22.3. The average molecular weight is 325 g/mol. The molecule has 3 heteroatoms. The number of nitrogens with zero attached hydrogens (tertiary/aromatic N) is 1. The number of nitrogens with two attached hydrogens (primary N) is 1. The van der Waals surface area contributed by atoms with Crippen molar-refractivity contribution >= 4 is 11.6 Å². The maximum absolute atomic E-state index is 6.54. The van der Waals surface area contributed by atoms with Gasteiger partial charge in [0.15, 0.2) is 0 Å². The highest BCUT2D eigenvalue weighted by molar-refractivity contribution is 6.31. The Kier molecular flexibility index (Phi) is 7.37. The summed E-state index contributed by atoms with van der Waals surface area (Å²) in [6.07, 6.45) is 3.54. The highest BCUT2D eigenvalue weighted by Gasteiger charge is 2.45. The minimum Gasteiger partial charge on any atom is -0.323 e. The van der Waals surface area contributed by atoms with Gasteiger partial charge in [0, 0.05) is 11.1 Å². The molecule has 0 amide bonds. The molecule has 22 heavy (non-hydrogen) atoms. The molecule has 1 fully saturated rings. The molecule has 2 nitrogen and oxygen atoms in total. The SMILES string of the molecule is CC.CC.Cc1cc2c(cc1Cl)C(N)C1(CCN(C)CC1)C2. The fourth-order valence-corrected chi connectivity index (χ4v) is 3.74. The first-order chi connectivity index (χ1) is 10.5. The van der Waals surface area contributed by atoms with Crippen LogP contribution in [0.3, 0.4) is 0 Å². The first-order valence-corrected chi connectivity index (χ1v) is 9.13. The molecule has 0 radical (unpaired) electrons. The van der Waals surface area contributed by atoms with Gasteiger partial charge in [-0.1, -0.05) is 45.4 Å². The monoisotopic (exact) mass is 324 g/mol. The number of hydrogen-bond donors (Lipinski definition) is 1. The minimum absolute atomic E-state index is 0.166. The Hall–Kier alpha value is -0.570. The van der Waals surface area contributed by atoms with Crippen molar-refractivity contribution in [2.24, 2.45) is 11.1 Å². The predicted octanol–water partition coefficient (Wildman–Crippen LogP) is 4.97. The number of fused-ring (bicyclic) bond motifs is 1. The van der Waals surface area contributed by atoms with Crippen molar-refractivity contribution in [1.29, 1.82) is 0 Å². The van der Waals surface area contributed by atoms with Gasteiger partial charge in [0.25, 0.3) is 0 Å². The van der Waals surface area contributed by atoms with Crippen molar-refractivity contribution in [2.45, 2.75) is 59.9 Å². The van der Waals surface area contributed by atoms with E-state index in [4.69, 9.17) is 17.3 Å². The van der Waals surface area contributed by atoms with E-state index in [0.29, 0.717) is 0 Å². The Morgan fingerprint density at radius 3 is 2.23 bits per heavy atom. The number of piperidine rings is 1. The lowest BCUT2D eigenvalue weighted by Crippen LogP contribution is -2.42. The van der Waals surface area contributed by atoms with E-state index in [2.05, 4.69) is 31.0 Å². The number of benzene rings is 1. The molecule has 1 heterocycles. The van der Waals surface area contributed by atoms with Gasteiger partial charge in [-0.15, -0.1) is 0 Å². The van der Waals surface area contributed by atoms with Gasteiger partial charge >= 0.3 is 0 Å². The molecule has 1 saturated heterocycles. The van der Waals surface area contributed by atoms with Crippen molar-refractivity contribution in [1.82, 2.24) is 4.90 Å². The quantitative estimate of drug-likeness (QED) is 0.730. The molecule has 0 aromatic heterocycles. The highest BCUT2D eigenvalue weighted by atomic mass is 35.5. The Bertz CT molecular complexity index is 477. The van der Waals surface area contributed by atoms with Crippen molar-refractivity contribution in [2.75, 3.05) is 20.1 Å². The molecule has 1 aromatic rings. The van der Waals surface area contributed by atoms with Crippen molar-refractivity contribution in [3.63, 3.8) is 0 Å². The molecule has 2 N–H and O–H groups in total. The molecule has 0 saturated carbocycles. The van der Waals surface area contributed by atoms with Gasteiger partial charge < -0.3 is 10.6 Å². The lowest BCUT2D eigenvalue weighted by Gasteiger charge is -2.41. The summed E-state index contributed by atoms with van der Waals surface area (Å²) in [6.45, 7) is 12.4. The van der Waals surface area contributed by atoms with Crippen LogP contribution in [-0.2, 0) is 6.42 Å². The third-order valence-corrected chi connectivity index (χ3v) is 5.35. The standard InChI is InChI=1S/C15H21ClN2.2C2H6/c1-10-7-11-9-15(3-5-18(2)6-4-15)14(17)12(11)8-13(10)16;2*1-2/h7-8,14H,3-6,9,17H2,1-2H3;2*1-2H3. The van der Waals surface area contributed by atoms with E-state index in [9.17, 15) is 0 Å². The summed E-state index contributed by atoms with van der Waals surface area (Å²) >= 11 is 6.24. The predicted molar refractivity (Wildman–Crippen MR) is 98.7 cm³/mol. The maximum atomic E-state index is 6.54. The zero-order valence-electron chi connectivity index (χ0n) is 15.2. The van der Waals surface area contributed by atoms with Gasteiger partial charge in [0.05, 0.1) is 0 Å². The second kappa shape index (κ2) is 8.33. The Morgan fingerprint density at radius 1 is 1.14 bits per heavy atom. The van der Waals surface area contributed by atoms with Crippen LogP contribution in [0.5, 0.6) is 0 Å². The molecular weight excluding hydrogens is 292 g/mol. The third kappa shape index (κ3) is 3.67. The smallest absolute Gasteiger partial charge is 0.0438 e. The van der Waals surface area contributed by atoms with Crippen LogP contribution in [0.25, 0.3) is 0 Å². The third-order valence-electron chi connectivity index (χ3n) is 4.94. The second-order valence-electron chi connectivity index (χ2n) is 6.12. The number of likely N-dealkylation sites (tertiary alicyclic amines) is 1. The Balaban J connectivity index is 0.000000561. The van der Waals surface area contributed by atoms with E-state index in [1.54, 1.807) is 0 Å². The van der Waals surface area contributed by atoms with Crippen LogP contribution in [-0.4, -0.2) is 25.0 Å². The summed E-state index contributed by atoms with van der Waals surface area (Å²) in [4.78, 5) is 2.40. The van der Waals surface area contributed by atoms with Crippen LogP contribution >= 0.6 is 11.6 Å². The van der Waals surface area contributed by atoms with Gasteiger partial charge in [-0.05, 0) is 74.5 Å². The van der Waals surface area contributed by atoms with Crippen molar-refractivity contribution in [3.8, 4) is 0 Å². The van der Waals surface area contributed by atoms with Gasteiger partial charge in [0.2, 0.25) is 0 Å². The van der Waals surface area contributed by atoms with Gasteiger partial charge in [-0.3, -0.25) is 0 Å². The van der Waals surface area contributed by atoms with Crippen molar-refractivity contribution in [3.05, 3.63) is 33.8 Å². The Morgan fingerprint density at radius 2 is 1.68 bits per heavy atom. The average Bonchev–Trinajstić information content (AvgIpc) is 2.80. The molecule has 2 aliphatic rings. The fourth-order valence-electron chi connectivity index (χ4n) is 3.57. The molecule has 1 aromatic carbocycles. The molecule has 1 aliphatic carbocycles. The molecule has 1 unspecified atom stereocenters. The lowest BCUT2D eigenvalue weighted by molar-refractivity contribution is 0.106. The summed E-state index contributed by atoms with van der Waals surface area (Å²) in [6, 6.07) is 4.51. The first kappa shape index (κ1) is 19.5. The van der Waals surface area contributed by atoms with Crippen LogP contribution in [0.1, 0.15) is 63.3 Å². The van der Waals surface area contributed by atoms with E-state index in [1.807, 2.05) is 27.7 Å². The number of aryl methyl sites for hydroxylation is 1.